The van der Waals surface area contributed by atoms with E-state index in [-0.39, 0.29) is 5.91 Å². The van der Waals surface area contributed by atoms with Gasteiger partial charge in [-0.15, -0.1) is 0 Å². The second kappa shape index (κ2) is 6.01. The fourth-order valence-electron chi connectivity index (χ4n) is 2.32. The molecule has 0 radical (unpaired) electrons. The molecule has 18 heavy (non-hydrogen) atoms. The van der Waals surface area contributed by atoms with Crippen LogP contribution in [0.2, 0.25) is 0 Å². The van der Waals surface area contributed by atoms with E-state index in [1.54, 1.807) is 0 Å². The maximum atomic E-state index is 12.5. The molecule has 1 saturated carbocycles. The normalized spacial score (nSPS) is 14.6. The molecule has 1 aliphatic rings. The predicted octanol–water partition coefficient (Wildman–Crippen LogP) is 2.07. The molecule has 0 aliphatic heterocycles. The Hall–Kier alpha value is -1.35. The lowest BCUT2D eigenvalue weighted by Gasteiger charge is -2.22. The van der Waals surface area contributed by atoms with Gasteiger partial charge in [0.2, 0.25) is 0 Å². The first kappa shape index (κ1) is 13.1. The molecule has 0 aromatic heterocycles. The smallest absolute Gasteiger partial charge is 0.254 e. The molecule has 0 saturated heterocycles. The Morgan fingerprint density at radius 1 is 1.39 bits per heavy atom. The van der Waals surface area contributed by atoms with Gasteiger partial charge in [-0.25, -0.2) is 0 Å². The Kier molecular flexibility index (Phi) is 4.37. The predicted molar refractivity (Wildman–Crippen MR) is 73.8 cm³/mol. The number of benzene rings is 1. The van der Waals surface area contributed by atoms with Crippen molar-refractivity contribution in [3.8, 4) is 0 Å². The van der Waals surface area contributed by atoms with Crippen LogP contribution in [0.1, 0.15) is 35.7 Å². The van der Waals surface area contributed by atoms with Crippen LogP contribution < -0.4 is 5.32 Å². The van der Waals surface area contributed by atoms with E-state index in [0.29, 0.717) is 6.04 Å². The van der Waals surface area contributed by atoms with Crippen molar-refractivity contribution >= 4 is 5.91 Å². The third-order valence-corrected chi connectivity index (χ3v) is 3.48. The van der Waals surface area contributed by atoms with Crippen LogP contribution in [0.25, 0.3) is 0 Å². The lowest BCUT2D eigenvalue weighted by molar-refractivity contribution is 0.0751. The summed E-state index contributed by atoms with van der Waals surface area (Å²) >= 11 is 0. The highest BCUT2D eigenvalue weighted by Gasteiger charge is 2.32. The number of hydrogen-bond acceptors (Lipinski definition) is 2. The summed E-state index contributed by atoms with van der Waals surface area (Å²) in [5.41, 5.74) is 2.03. The highest BCUT2D eigenvalue weighted by molar-refractivity contribution is 5.96. The van der Waals surface area contributed by atoms with E-state index < -0.39 is 0 Å². The van der Waals surface area contributed by atoms with Gasteiger partial charge in [-0.2, -0.15) is 0 Å². The molecule has 1 aromatic carbocycles. The van der Waals surface area contributed by atoms with E-state index in [1.165, 1.54) is 0 Å². The number of rotatable bonds is 6. The highest BCUT2D eigenvalue weighted by atomic mass is 16.2. The van der Waals surface area contributed by atoms with Crippen molar-refractivity contribution in [2.75, 3.05) is 20.1 Å². The minimum atomic E-state index is 0.201. The minimum absolute atomic E-state index is 0.201. The van der Waals surface area contributed by atoms with Crippen LogP contribution in [0, 0.1) is 0 Å². The number of carbonyl (C=O) groups excluding carboxylic acids is 1. The molecular formula is C15H22N2O. The molecule has 1 N–H and O–H groups in total. The van der Waals surface area contributed by atoms with Crippen LogP contribution in [0.3, 0.4) is 0 Å². The molecule has 0 spiro atoms. The van der Waals surface area contributed by atoms with Crippen molar-refractivity contribution in [3.63, 3.8) is 0 Å². The maximum absolute atomic E-state index is 12.5. The molecule has 1 fully saturated rings. The third-order valence-electron chi connectivity index (χ3n) is 3.48. The Morgan fingerprint density at radius 3 is 2.72 bits per heavy atom. The van der Waals surface area contributed by atoms with E-state index in [4.69, 9.17) is 0 Å². The van der Waals surface area contributed by atoms with Gasteiger partial charge in [-0.3, -0.25) is 4.79 Å². The van der Waals surface area contributed by atoms with Crippen molar-refractivity contribution in [1.82, 2.24) is 10.2 Å². The van der Waals surface area contributed by atoms with E-state index in [0.717, 1.165) is 43.5 Å². The van der Waals surface area contributed by atoms with Gasteiger partial charge in [0.25, 0.3) is 5.91 Å². The van der Waals surface area contributed by atoms with Gasteiger partial charge in [-0.05, 0) is 51.4 Å². The van der Waals surface area contributed by atoms with Crippen molar-refractivity contribution in [3.05, 3.63) is 35.4 Å². The van der Waals surface area contributed by atoms with Gasteiger partial charge in [0, 0.05) is 18.2 Å². The van der Waals surface area contributed by atoms with Crippen molar-refractivity contribution in [2.24, 2.45) is 0 Å². The van der Waals surface area contributed by atoms with Crippen LogP contribution in [-0.2, 0) is 6.42 Å². The van der Waals surface area contributed by atoms with Crippen molar-refractivity contribution in [1.29, 1.82) is 0 Å². The second-order valence-electron chi connectivity index (χ2n) is 4.83. The molecule has 98 valence electrons. The minimum Gasteiger partial charge on any atom is -0.336 e. The number of amides is 1. The molecule has 0 unspecified atom stereocenters. The fraction of sp³-hybridized carbons (Fsp3) is 0.533. The molecule has 2 rings (SSSR count). The standard InChI is InChI=1S/C15H22N2O/c1-3-17(13-8-9-13)15(18)14-7-5-4-6-12(14)10-11-16-2/h4-7,13,16H,3,8-11H2,1-2H3. The zero-order chi connectivity index (χ0) is 13.0. The Morgan fingerprint density at radius 2 is 2.11 bits per heavy atom. The van der Waals surface area contributed by atoms with Crippen LogP contribution in [0.5, 0.6) is 0 Å². The Labute approximate surface area is 109 Å². The Balaban J connectivity index is 2.17. The van der Waals surface area contributed by atoms with Gasteiger partial charge in [0.1, 0.15) is 0 Å². The number of nitrogens with zero attached hydrogens (tertiary/aromatic N) is 1. The molecular weight excluding hydrogens is 224 g/mol. The quantitative estimate of drug-likeness (QED) is 0.833. The molecule has 0 heterocycles. The van der Waals surface area contributed by atoms with Gasteiger partial charge in [-0.1, -0.05) is 18.2 Å². The van der Waals surface area contributed by atoms with Crippen LogP contribution in [0.4, 0.5) is 0 Å². The van der Waals surface area contributed by atoms with Gasteiger partial charge in [0.15, 0.2) is 0 Å². The fourth-order valence-corrected chi connectivity index (χ4v) is 2.32. The molecule has 1 aromatic rings. The molecule has 3 nitrogen and oxygen atoms in total. The summed E-state index contributed by atoms with van der Waals surface area (Å²) in [6.45, 7) is 3.77. The van der Waals surface area contributed by atoms with Gasteiger partial charge in [0.05, 0.1) is 0 Å². The second-order valence-corrected chi connectivity index (χ2v) is 4.83. The number of likely N-dealkylation sites (N-methyl/N-ethyl adjacent to an activating group) is 1. The molecule has 1 aliphatic carbocycles. The van der Waals surface area contributed by atoms with Crippen LogP contribution in [0.15, 0.2) is 24.3 Å². The molecule has 1 amide bonds. The van der Waals surface area contributed by atoms with E-state index >= 15 is 0 Å². The summed E-state index contributed by atoms with van der Waals surface area (Å²) in [6.07, 6.45) is 3.23. The lowest BCUT2D eigenvalue weighted by Crippen LogP contribution is -2.33. The first-order chi connectivity index (χ1) is 8.77. The molecule has 0 bridgehead atoms. The van der Waals surface area contributed by atoms with Crippen LogP contribution in [-0.4, -0.2) is 37.0 Å². The maximum Gasteiger partial charge on any atom is 0.254 e. The van der Waals surface area contributed by atoms with Gasteiger partial charge >= 0.3 is 0 Å². The van der Waals surface area contributed by atoms with E-state index in [9.17, 15) is 4.79 Å². The van der Waals surface area contributed by atoms with Crippen LogP contribution >= 0.6 is 0 Å². The third kappa shape index (κ3) is 2.91. The molecule has 0 atom stereocenters. The zero-order valence-corrected chi connectivity index (χ0v) is 11.3. The summed E-state index contributed by atoms with van der Waals surface area (Å²) in [4.78, 5) is 14.6. The summed E-state index contributed by atoms with van der Waals surface area (Å²) in [5, 5.41) is 3.14. The Bertz CT molecular complexity index is 413. The topological polar surface area (TPSA) is 32.3 Å². The first-order valence-electron chi connectivity index (χ1n) is 6.81. The number of carbonyl (C=O) groups is 1. The summed E-state index contributed by atoms with van der Waals surface area (Å²) in [6, 6.07) is 8.47. The SMILES string of the molecule is CCN(C(=O)c1ccccc1CCNC)C1CC1. The first-order valence-corrected chi connectivity index (χ1v) is 6.81. The summed E-state index contributed by atoms with van der Waals surface area (Å²) < 4.78 is 0. The van der Waals surface area contributed by atoms with Crippen molar-refractivity contribution in [2.45, 2.75) is 32.2 Å². The average molecular weight is 246 g/mol. The van der Waals surface area contributed by atoms with Crippen molar-refractivity contribution < 1.29 is 4.79 Å². The molecule has 3 heteroatoms. The lowest BCUT2D eigenvalue weighted by atomic mass is 10.0. The highest BCUT2D eigenvalue weighted by Crippen LogP contribution is 2.28. The number of hydrogen-bond donors (Lipinski definition) is 1. The zero-order valence-electron chi connectivity index (χ0n) is 11.3. The monoisotopic (exact) mass is 246 g/mol. The summed E-state index contributed by atoms with van der Waals surface area (Å²) in [7, 11) is 1.94. The van der Waals surface area contributed by atoms with E-state index in [1.807, 2.05) is 30.1 Å². The average Bonchev–Trinajstić information content (AvgIpc) is 3.22. The summed E-state index contributed by atoms with van der Waals surface area (Å²) in [5.74, 6) is 0.201. The van der Waals surface area contributed by atoms with Gasteiger partial charge < -0.3 is 10.2 Å². The largest absolute Gasteiger partial charge is 0.336 e. The number of nitrogens with one attached hydrogen (secondary N) is 1. The van der Waals surface area contributed by atoms with E-state index in [2.05, 4.69) is 18.3 Å².